The van der Waals surface area contributed by atoms with Crippen molar-refractivity contribution in [2.24, 2.45) is 0 Å². The van der Waals surface area contributed by atoms with Gasteiger partial charge in [0.25, 0.3) is 20.2 Å². The van der Waals surface area contributed by atoms with Crippen LogP contribution in [-0.4, -0.2) is 31.7 Å². The zero-order valence-electron chi connectivity index (χ0n) is 12.3. The molecule has 0 aliphatic carbocycles. The molecule has 2 aromatic carbocycles. The number of hydrogen-bond acceptors (Lipinski definition) is 6. The van der Waals surface area contributed by atoms with Gasteiger partial charge in [0.15, 0.2) is 5.78 Å². The van der Waals surface area contributed by atoms with Crippen LogP contribution in [0, 0.1) is 0 Å². The Kier molecular flexibility index (Phi) is 4.27. The summed E-state index contributed by atoms with van der Waals surface area (Å²) >= 11 is 0. The number of fused-ring (bicyclic) bond motifs is 1. The Labute approximate surface area is 138 Å². The maximum atomic E-state index is 11.8. The molecule has 0 saturated heterocycles. The first-order valence-electron chi connectivity index (χ1n) is 6.36. The SMILES string of the molecule is C=Cc1c(C(C)=O)c(N)cc2c(S(=O)(=O)O)cc(S(=O)(=O)O)cc12. The maximum Gasteiger partial charge on any atom is 0.295 e. The Bertz CT molecular complexity index is 1100. The number of carbonyl (C=O) groups is 1. The fraction of sp³-hybridized carbons (Fsp3) is 0.0714. The summed E-state index contributed by atoms with van der Waals surface area (Å²) in [4.78, 5) is 10.3. The van der Waals surface area contributed by atoms with Crippen LogP contribution < -0.4 is 5.73 Å². The van der Waals surface area contributed by atoms with E-state index in [0.717, 1.165) is 12.1 Å². The highest BCUT2D eigenvalue weighted by molar-refractivity contribution is 7.86. The lowest BCUT2D eigenvalue weighted by Gasteiger charge is -2.14. The number of ketones is 1. The Morgan fingerprint density at radius 2 is 1.67 bits per heavy atom. The summed E-state index contributed by atoms with van der Waals surface area (Å²) in [6.07, 6.45) is 1.21. The molecular weight excluding hydrogens is 358 g/mol. The number of hydrogen-bond donors (Lipinski definition) is 3. The van der Waals surface area contributed by atoms with Crippen LogP contribution in [0.4, 0.5) is 5.69 Å². The summed E-state index contributed by atoms with van der Waals surface area (Å²) in [5, 5.41) is -0.130. The van der Waals surface area contributed by atoms with Gasteiger partial charge in [-0.2, -0.15) is 16.8 Å². The second-order valence-electron chi connectivity index (χ2n) is 4.98. The van der Waals surface area contributed by atoms with Gasteiger partial charge in [-0.1, -0.05) is 12.7 Å². The monoisotopic (exact) mass is 371 g/mol. The van der Waals surface area contributed by atoms with E-state index >= 15 is 0 Å². The molecule has 0 radical (unpaired) electrons. The predicted molar refractivity (Wildman–Crippen MR) is 88.1 cm³/mol. The molecule has 0 saturated carbocycles. The summed E-state index contributed by atoms with van der Waals surface area (Å²) in [5.74, 6) is -0.449. The Balaban J connectivity index is 3.23. The lowest BCUT2D eigenvalue weighted by molar-refractivity contribution is 0.101. The van der Waals surface area contributed by atoms with Crippen molar-refractivity contribution >= 4 is 48.6 Å². The van der Waals surface area contributed by atoms with Crippen molar-refractivity contribution in [2.75, 3.05) is 5.73 Å². The van der Waals surface area contributed by atoms with Crippen LogP contribution in [-0.2, 0) is 20.2 Å². The number of Topliss-reactive ketones (excluding diaryl/α,β-unsaturated/α-hetero) is 1. The average Bonchev–Trinajstić information content (AvgIpc) is 2.42. The molecule has 0 bridgehead atoms. The normalized spacial score (nSPS) is 12.3. The Morgan fingerprint density at radius 1 is 1.08 bits per heavy atom. The van der Waals surface area contributed by atoms with Gasteiger partial charge in [-0.25, -0.2) is 0 Å². The standard InChI is InChI=1S/C14H13NO7S2/c1-3-9-10-4-8(23(17,18)19)5-13(24(20,21)22)11(10)6-12(15)14(9)7(2)16/h3-6H,1,15H2,2H3,(H,17,18,19)(H,20,21,22). The first-order chi connectivity index (χ1) is 10.9. The van der Waals surface area contributed by atoms with Crippen LogP contribution in [0.5, 0.6) is 0 Å². The third-order valence-electron chi connectivity index (χ3n) is 3.40. The molecule has 0 unspecified atom stereocenters. The van der Waals surface area contributed by atoms with Crippen molar-refractivity contribution in [3.05, 3.63) is 35.9 Å². The van der Waals surface area contributed by atoms with Gasteiger partial charge < -0.3 is 5.73 Å². The van der Waals surface area contributed by atoms with Gasteiger partial charge in [0.1, 0.15) is 4.90 Å². The first-order valence-corrected chi connectivity index (χ1v) is 9.24. The van der Waals surface area contributed by atoms with E-state index in [1.54, 1.807) is 0 Å². The summed E-state index contributed by atoms with van der Waals surface area (Å²) in [5.41, 5.74) is 5.84. The molecule has 0 fully saturated rings. The topological polar surface area (TPSA) is 152 Å². The van der Waals surface area contributed by atoms with E-state index in [1.165, 1.54) is 13.0 Å². The van der Waals surface area contributed by atoms with Gasteiger partial charge >= 0.3 is 0 Å². The zero-order valence-corrected chi connectivity index (χ0v) is 14.0. The molecule has 0 heterocycles. The molecule has 0 aliphatic heterocycles. The van der Waals surface area contributed by atoms with Gasteiger partial charge in [0.2, 0.25) is 0 Å². The van der Waals surface area contributed by atoms with Crippen LogP contribution in [0.1, 0.15) is 22.8 Å². The fourth-order valence-corrected chi connectivity index (χ4v) is 3.79. The quantitative estimate of drug-likeness (QED) is 0.417. The van der Waals surface area contributed by atoms with Crippen LogP contribution in [0.3, 0.4) is 0 Å². The summed E-state index contributed by atoms with van der Waals surface area (Å²) in [6.45, 7) is 4.74. The molecule has 0 spiro atoms. The number of carbonyl (C=O) groups excluding carboxylic acids is 1. The number of benzene rings is 2. The van der Waals surface area contributed by atoms with Gasteiger partial charge in [-0.3, -0.25) is 13.9 Å². The third kappa shape index (κ3) is 3.04. The van der Waals surface area contributed by atoms with Crippen molar-refractivity contribution in [1.29, 1.82) is 0 Å². The highest BCUT2D eigenvalue weighted by atomic mass is 32.2. The molecule has 0 aliphatic rings. The highest BCUT2D eigenvalue weighted by Crippen LogP contribution is 2.35. The summed E-state index contributed by atoms with van der Waals surface area (Å²) in [6, 6.07) is 2.71. The molecule has 0 aromatic heterocycles. The van der Waals surface area contributed by atoms with E-state index in [1.807, 2.05) is 0 Å². The molecule has 8 nitrogen and oxygen atoms in total. The predicted octanol–water partition coefficient (Wildman–Crippen LogP) is 1.76. The van der Waals surface area contributed by atoms with Gasteiger partial charge in [0.05, 0.1) is 4.90 Å². The molecule has 2 aromatic rings. The minimum atomic E-state index is -4.84. The van der Waals surface area contributed by atoms with Crippen LogP contribution in [0.25, 0.3) is 16.8 Å². The van der Waals surface area contributed by atoms with Crippen molar-refractivity contribution in [3.63, 3.8) is 0 Å². The number of rotatable bonds is 4. The molecule has 24 heavy (non-hydrogen) atoms. The molecule has 10 heteroatoms. The van der Waals surface area contributed by atoms with Crippen molar-refractivity contribution in [3.8, 4) is 0 Å². The second-order valence-corrected chi connectivity index (χ2v) is 7.79. The van der Waals surface area contributed by atoms with E-state index < -0.39 is 35.8 Å². The van der Waals surface area contributed by atoms with Crippen molar-refractivity contribution in [2.45, 2.75) is 16.7 Å². The first kappa shape index (κ1) is 18.1. The second kappa shape index (κ2) is 5.67. The smallest absolute Gasteiger partial charge is 0.295 e. The molecule has 4 N–H and O–H groups in total. The lowest BCUT2D eigenvalue weighted by atomic mass is 9.95. The molecular formula is C14H13NO7S2. The third-order valence-corrected chi connectivity index (χ3v) is 5.12. The molecule has 128 valence electrons. The fourth-order valence-electron chi connectivity index (χ4n) is 2.46. The van der Waals surface area contributed by atoms with Crippen LogP contribution >= 0.6 is 0 Å². The number of anilines is 1. The Morgan fingerprint density at radius 3 is 2.08 bits per heavy atom. The average molecular weight is 371 g/mol. The lowest BCUT2D eigenvalue weighted by Crippen LogP contribution is -2.08. The van der Waals surface area contributed by atoms with E-state index in [0.29, 0.717) is 6.07 Å². The minimum Gasteiger partial charge on any atom is -0.398 e. The van der Waals surface area contributed by atoms with E-state index in [9.17, 15) is 30.7 Å². The van der Waals surface area contributed by atoms with Gasteiger partial charge in [-0.15, -0.1) is 0 Å². The van der Waals surface area contributed by atoms with Gasteiger partial charge in [0, 0.05) is 16.6 Å². The zero-order chi connectivity index (χ0) is 18.4. The highest BCUT2D eigenvalue weighted by Gasteiger charge is 2.24. The maximum absolute atomic E-state index is 11.8. The summed E-state index contributed by atoms with van der Waals surface area (Å²) in [7, 11) is -9.61. The van der Waals surface area contributed by atoms with Crippen LogP contribution in [0.2, 0.25) is 0 Å². The van der Waals surface area contributed by atoms with E-state index in [-0.39, 0.29) is 27.6 Å². The van der Waals surface area contributed by atoms with Crippen molar-refractivity contribution in [1.82, 2.24) is 0 Å². The number of nitrogen functional groups attached to an aromatic ring is 1. The van der Waals surface area contributed by atoms with E-state index in [4.69, 9.17) is 5.73 Å². The number of nitrogens with two attached hydrogens (primary N) is 1. The minimum absolute atomic E-state index is 0.0197. The molecule has 0 atom stereocenters. The van der Waals surface area contributed by atoms with Crippen LogP contribution in [0.15, 0.2) is 34.6 Å². The molecule has 0 amide bonds. The molecule has 2 rings (SSSR count). The van der Waals surface area contributed by atoms with Crippen molar-refractivity contribution < 1.29 is 30.7 Å². The van der Waals surface area contributed by atoms with Gasteiger partial charge in [-0.05, 0) is 36.1 Å². The summed E-state index contributed by atoms with van der Waals surface area (Å²) < 4.78 is 64.6. The Hall–Kier alpha value is -2.27. The largest absolute Gasteiger partial charge is 0.398 e. The van der Waals surface area contributed by atoms with E-state index in [2.05, 4.69) is 6.58 Å².